The highest BCUT2D eigenvalue weighted by molar-refractivity contribution is 5.76. The van der Waals surface area contributed by atoms with Gasteiger partial charge in [0.2, 0.25) is 5.91 Å². The van der Waals surface area contributed by atoms with Gasteiger partial charge in [-0.3, -0.25) is 4.79 Å². The molecule has 0 aromatic heterocycles. The molecule has 360 valence electrons. The molecule has 9 nitrogen and oxygen atoms in total. The third-order valence-corrected chi connectivity index (χ3v) is 12.5. The fourth-order valence-electron chi connectivity index (χ4n) is 8.38. The van der Waals surface area contributed by atoms with E-state index < -0.39 is 49.5 Å². The third-order valence-electron chi connectivity index (χ3n) is 12.5. The number of aliphatic hydroxyl groups is 5. The largest absolute Gasteiger partial charge is 0.394 e. The maximum Gasteiger partial charge on any atom is 0.220 e. The van der Waals surface area contributed by atoms with Crippen LogP contribution >= 0.6 is 0 Å². The van der Waals surface area contributed by atoms with E-state index in [4.69, 9.17) is 9.47 Å². The Balaban J connectivity index is 2.21. The smallest absolute Gasteiger partial charge is 0.220 e. The van der Waals surface area contributed by atoms with Gasteiger partial charge in [-0.25, -0.2) is 0 Å². The molecule has 0 spiro atoms. The van der Waals surface area contributed by atoms with E-state index in [1.54, 1.807) is 0 Å². The SMILES string of the molecule is CCC/C=C\C/C=C\CCCCCCCC(=O)NC(COC1OC(CO)C(O)C(O)C1O)C(O)CCCCCCCCCCCCCCCCCCCCCCCCCCC. The summed E-state index contributed by atoms with van der Waals surface area (Å²) in [6.45, 7) is 3.78. The van der Waals surface area contributed by atoms with Crippen molar-refractivity contribution in [2.75, 3.05) is 13.2 Å². The fourth-order valence-corrected chi connectivity index (χ4v) is 8.38. The molecule has 0 aliphatic carbocycles. The minimum Gasteiger partial charge on any atom is -0.394 e. The van der Waals surface area contributed by atoms with Crippen molar-refractivity contribution in [2.45, 2.75) is 288 Å². The number of carbonyl (C=O) groups excluding carboxylic acids is 1. The molecular formula is C52H99NO8. The number of allylic oxidation sites excluding steroid dienone is 4. The first-order valence-corrected chi connectivity index (χ1v) is 26.0. The van der Waals surface area contributed by atoms with Crippen LogP contribution in [0.25, 0.3) is 0 Å². The second kappa shape index (κ2) is 42.6. The first-order chi connectivity index (χ1) is 29.8. The molecule has 1 rings (SSSR count). The van der Waals surface area contributed by atoms with Crippen LogP contribution < -0.4 is 5.32 Å². The molecule has 9 heteroatoms. The lowest BCUT2D eigenvalue weighted by molar-refractivity contribution is -0.302. The molecule has 7 unspecified atom stereocenters. The molecular weight excluding hydrogens is 767 g/mol. The van der Waals surface area contributed by atoms with E-state index in [-0.39, 0.29) is 12.5 Å². The third kappa shape index (κ3) is 32.9. The molecule has 61 heavy (non-hydrogen) atoms. The Morgan fingerprint density at radius 3 is 1.48 bits per heavy atom. The zero-order valence-electron chi connectivity index (χ0n) is 39.7. The lowest BCUT2D eigenvalue weighted by Gasteiger charge is -2.40. The average molecular weight is 866 g/mol. The molecule has 6 N–H and O–H groups in total. The van der Waals surface area contributed by atoms with Crippen molar-refractivity contribution < 1.29 is 39.8 Å². The number of nitrogens with one attached hydrogen (secondary N) is 1. The maximum absolute atomic E-state index is 13.0. The molecule has 1 aliphatic rings. The molecule has 0 bridgehead atoms. The van der Waals surface area contributed by atoms with Crippen LogP contribution in [0.1, 0.15) is 245 Å². The van der Waals surface area contributed by atoms with Crippen LogP contribution in [-0.2, 0) is 14.3 Å². The van der Waals surface area contributed by atoms with Crippen molar-refractivity contribution in [3.05, 3.63) is 24.3 Å². The highest BCUT2D eigenvalue weighted by Crippen LogP contribution is 2.23. The molecule has 0 radical (unpaired) electrons. The summed E-state index contributed by atoms with van der Waals surface area (Å²) >= 11 is 0. The van der Waals surface area contributed by atoms with E-state index >= 15 is 0 Å². The van der Waals surface area contributed by atoms with Crippen molar-refractivity contribution in [2.24, 2.45) is 0 Å². The number of hydrogen-bond acceptors (Lipinski definition) is 8. The summed E-state index contributed by atoms with van der Waals surface area (Å²) in [7, 11) is 0. The van der Waals surface area contributed by atoms with Gasteiger partial charge >= 0.3 is 0 Å². The standard InChI is InChI=1S/C52H99NO8/c1-3-5-7-9-11-13-15-17-18-19-20-21-22-23-24-25-26-27-28-30-31-33-35-37-39-41-46(55)45(44-60-52-51(59)50(58)49(57)47(43-54)61-52)53-48(56)42-40-38-36-34-32-29-16-14-12-10-8-6-4-2/h8,10,14,16,45-47,49-52,54-55,57-59H,3-7,9,11-13,15,17-44H2,1-2H3,(H,53,56)/b10-8-,16-14-. The van der Waals surface area contributed by atoms with Gasteiger partial charge in [0, 0.05) is 6.42 Å². The van der Waals surface area contributed by atoms with Crippen LogP contribution in [-0.4, -0.2) is 87.5 Å². The Hall–Kier alpha value is -1.33. The molecule has 1 heterocycles. The molecule has 1 amide bonds. The normalized spacial score (nSPS) is 20.5. The minimum absolute atomic E-state index is 0.142. The van der Waals surface area contributed by atoms with Crippen molar-refractivity contribution in [1.29, 1.82) is 0 Å². The van der Waals surface area contributed by atoms with Gasteiger partial charge in [-0.15, -0.1) is 0 Å². The number of unbranched alkanes of at least 4 members (excludes halogenated alkanes) is 30. The van der Waals surface area contributed by atoms with E-state index in [0.717, 1.165) is 70.6 Å². The van der Waals surface area contributed by atoms with Crippen molar-refractivity contribution in [3.63, 3.8) is 0 Å². The summed E-state index contributed by atoms with van der Waals surface area (Å²) in [4.78, 5) is 13.0. The van der Waals surface area contributed by atoms with Crippen LogP contribution in [0.3, 0.4) is 0 Å². The Morgan fingerprint density at radius 1 is 0.557 bits per heavy atom. The molecule has 1 saturated heterocycles. The highest BCUT2D eigenvalue weighted by Gasteiger charge is 2.44. The Bertz CT molecular complexity index is 1010. The van der Waals surface area contributed by atoms with E-state index in [9.17, 15) is 30.3 Å². The van der Waals surface area contributed by atoms with Gasteiger partial charge in [0.15, 0.2) is 6.29 Å². The summed E-state index contributed by atoms with van der Waals surface area (Å²) < 4.78 is 11.3. The lowest BCUT2D eigenvalue weighted by atomic mass is 9.99. The van der Waals surface area contributed by atoms with E-state index in [0.29, 0.717) is 12.8 Å². The second-order valence-corrected chi connectivity index (χ2v) is 18.3. The molecule has 0 aromatic carbocycles. The Morgan fingerprint density at radius 2 is 1.00 bits per heavy atom. The summed E-state index contributed by atoms with van der Waals surface area (Å²) in [5, 5.41) is 54.5. The monoisotopic (exact) mass is 866 g/mol. The summed E-state index contributed by atoms with van der Waals surface area (Å²) in [6, 6.07) is -0.724. The predicted molar refractivity (Wildman–Crippen MR) is 253 cm³/mol. The number of ether oxygens (including phenoxy) is 2. The molecule has 1 aliphatic heterocycles. The fraction of sp³-hybridized carbons (Fsp3) is 0.904. The van der Waals surface area contributed by atoms with Crippen LogP contribution in [0.15, 0.2) is 24.3 Å². The van der Waals surface area contributed by atoms with Crippen molar-refractivity contribution in [1.82, 2.24) is 5.32 Å². The predicted octanol–water partition coefficient (Wildman–Crippen LogP) is 11.8. The molecule has 1 fully saturated rings. The number of aliphatic hydroxyl groups excluding tert-OH is 5. The first-order valence-electron chi connectivity index (χ1n) is 26.0. The van der Waals surface area contributed by atoms with Crippen LogP contribution in [0.4, 0.5) is 0 Å². The Kier molecular flexibility index (Phi) is 40.3. The van der Waals surface area contributed by atoms with Crippen LogP contribution in [0, 0.1) is 0 Å². The number of rotatable bonds is 44. The summed E-state index contributed by atoms with van der Waals surface area (Å²) in [6.07, 6.45) is 44.9. The van der Waals surface area contributed by atoms with Gasteiger partial charge < -0.3 is 40.3 Å². The number of carbonyl (C=O) groups is 1. The highest BCUT2D eigenvalue weighted by atomic mass is 16.7. The molecule has 7 atom stereocenters. The van der Waals surface area contributed by atoms with Gasteiger partial charge in [-0.1, -0.05) is 224 Å². The van der Waals surface area contributed by atoms with E-state index in [2.05, 4.69) is 43.5 Å². The topological polar surface area (TPSA) is 149 Å². The zero-order chi connectivity index (χ0) is 44.4. The minimum atomic E-state index is -1.55. The lowest BCUT2D eigenvalue weighted by Crippen LogP contribution is -2.60. The second-order valence-electron chi connectivity index (χ2n) is 18.3. The first kappa shape index (κ1) is 57.7. The quantitative estimate of drug-likeness (QED) is 0.0262. The number of hydrogen-bond donors (Lipinski definition) is 6. The van der Waals surface area contributed by atoms with Crippen LogP contribution in [0.2, 0.25) is 0 Å². The summed E-state index contributed by atoms with van der Waals surface area (Å²) in [5.41, 5.74) is 0. The number of amides is 1. The zero-order valence-corrected chi connectivity index (χ0v) is 39.7. The van der Waals surface area contributed by atoms with Crippen molar-refractivity contribution in [3.8, 4) is 0 Å². The molecule has 0 saturated carbocycles. The van der Waals surface area contributed by atoms with E-state index in [1.165, 1.54) is 148 Å². The van der Waals surface area contributed by atoms with E-state index in [1.807, 2.05) is 0 Å². The van der Waals surface area contributed by atoms with Crippen molar-refractivity contribution >= 4 is 5.91 Å². The van der Waals surface area contributed by atoms with Gasteiger partial charge in [-0.05, 0) is 38.5 Å². The average Bonchev–Trinajstić information content (AvgIpc) is 3.26. The molecule has 0 aromatic rings. The summed E-state index contributed by atoms with van der Waals surface area (Å²) in [5.74, 6) is -0.157. The van der Waals surface area contributed by atoms with Gasteiger partial charge in [-0.2, -0.15) is 0 Å². The van der Waals surface area contributed by atoms with Gasteiger partial charge in [0.25, 0.3) is 0 Å². The Labute approximate surface area is 375 Å². The van der Waals surface area contributed by atoms with Gasteiger partial charge in [0.05, 0.1) is 25.4 Å². The van der Waals surface area contributed by atoms with Crippen LogP contribution in [0.5, 0.6) is 0 Å². The van der Waals surface area contributed by atoms with Gasteiger partial charge in [0.1, 0.15) is 24.4 Å². The maximum atomic E-state index is 13.0.